The smallest absolute Gasteiger partial charge is 0.337 e. The molecule has 0 bridgehead atoms. The second kappa shape index (κ2) is 4.10. The van der Waals surface area contributed by atoms with Crippen LogP contribution in [0.1, 0.15) is 15.9 Å². The minimum absolute atomic E-state index is 0.214. The number of carboxylic acid groups (broad SMARTS) is 1. The fourth-order valence-corrected chi connectivity index (χ4v) is 1.47. The van der Waals surface area contributed by atoms with Gasteiger partial charge in [0.25, 0.3) is 0 Å². The Bertz CT molecular complexity index is 524. The van der Waals surface area contributed by atoms with Gasteiger partial charge in [-0.05, 0) is 30.7 Å². The Morgan fingerprint density at radius 1 is 1.31 bits per heavy atom. The van der Waals surface area contributed by atoms with Crippen molar-refractivity contribution in [1.82, 2.24) is 9.97 Å². The van der Waals surface area contributed by atoms with Gasteiger partial charge in [0.05, 0.1) is 11.3 Å². The molecule has 16 heavy (non-hydrogen) atoms. The highest BCUT2D eigenvalue weighted by molar-refractivity contribution is 5.94. The summed E-state index contributed by atoms with van der Waals surface area (Å²) >= 11 is 0. The number of carboxylic acids is 1. The number of aromatic carboxylic acids is 1. The fraction of sp³-hybridized carbons (Fsp3) is 0.0833. The van der Waals surface area contributed by atoms with Crippen molar-refractivity contribution in [1.29, 1.82) is 0 Å². The van der Waals surface area contributed by atoms with E-state index in [-0.39, 0.29) is 5.56 Å². The number of carbonyl (C=O) groups is 1. The van der Waals surface area contributed by atoms with E-state index in [9.17, 15) is 4.79 Å². The zero-order chi connectivity index (χ0) is 11.5. The van der Waals surface area contributed by atoms with Gasteiger partial charge in [0, 0.05) is 24.2 Å². The molecule has 80 valence electrons. The topological polar surface area (TPSA) is 63.1 Å². The van der Waals surface area contributed by atoms with Crippen LogP contribution in [0.15, 0.2) is 36.8 Å². The Morgan fingerprint density at radius 2 is 2.00 bits per heavy atom. The third-order valence-electron chi connectivity index (χ3n) is 2.21. The van der Waals surface area contributed by atoms with Crippen molar-refractivity contribution in [3.8, 4) is 11.3 Å². The van der Waals surface area contributed by atoms with Gasteiger partial charge >= 0.3 is 5.97 Å². The lowest BCUT2D eigenvalue weighted by Gasteiger charge is -2.05. The van der Waals surface area contributed by atoms with Crippen molar-refractivity contribution in [2.24, 2.45) is 0 Å². The molecule has 4 heteroatoms. The van der Waals surface area contributed by atoms with E-state index < -0.39 is 5.97 Å². The van der Waals surface area contributed by atoms with Crippen molar-refractivity contribution >= 4 is 5.97 Å². The number of aryl methyl sites for hydroxylation is 1. The quantitative estimate of drug-likeness (QED) is 0.831. The lowest BCUT2D eigenvalue weighted by molar-refractivity contribution is 0.0697. The summed E-state index contributed by atoms with van der Waals surface area (Å²) in [5, 5.41) is 9.10. The molecule has 0 radical (unpaired) electrons. The Kier molecular flexibility index (Phi) is 2.64. The highest BCUT2D eigenvalue weighted by atomic mass is 16.4. The van der Waals surface area contributed by atoms with Gasteiger partial charge in [0.2, 0.25) is 0 Å². The molecule has 0 aliphatic carbocycles. The molecule has 0 saturated heterocycles. The van der Waals surface area contributed by atoms with Crippen LogP contribution in [0.25, 0.3) is 11.3 Å². The highest BCUT2D eigenvalue weighted by Crippen LogP contribution is 2.21. The average Bonchev–Trinajstić information content (AvgIpc) is 2.30. The van der Waals surface area contributed by atoms with E-state index in [0.29, 0.717) is 5.69 Å². The van der Waals surface area contributed by atoms with Crippen LogP contribution in [0.3, 0.4) is 0 Å². The van der Waals surface area contributed by atoms with E-state index in [1.54, 1.807) is 36.8 Å². The molecule has 0 unspecified atom stereocenters. The van der Waals surface area contributed by atoms with Gasteiger partial charge in [-0.25, -0.2) is 4.79 Å². The zero-order valence-electron chi connectivity index (χ0n) is 8.71. The first kappa shape index (κ1) is 10.3. The van der Waals surface area contributed by atoms with Gasteiger partial charge in [0.1, 0.15) is 0 Å². The molecule has 0 amide bonds. The van der Waals surface area contributed by atoms with E-state index in [1.165, 1.54) is 0 Å². The summed E-state index contributed by atoms with van der Waals surface area (Å²) < 4.78 is 0. The number of hydrogen-bond acceptors (Lipinski definition) is 3. The van der Waals surface area contributed by atoms with Crippen molar-refractivity contribution in [3.63, 3.8) is 0 Å². The van der Waals surface area contributed by atoms with Gasteiger partial charge in [-0.1, -0.05) is 0 Å². The van der Waals surface area contributed by atoms with E-state index >= 15 is 0 Å². The molecule has 2 aromatic rings. The summed E-state index contributed by atoms with van der Waals surface area (Å²) in [7, 11) is 0. The standard InChI is InChI=1S/C12H10N2O2/c1-8-6-10(12(15)16)11(14-7-8)9-2-4-13-5-3-9/h2-7H,1H3,(H,15,16). The van der Waals surface area contributed by atoms with E-state index in [4.69, 9.17) is 5.11 Å². The normalized spacial score (nSPS) is 10.1. The molecule has 0 aliphatic heterocycles. The van der Waals surface area contributed by atoms with Gasteiger partial charge in [-0.2, -0.15) is 0 Å². The maximum absolute atomic E-state index is 11.1. The molecule has 0 saturated carbocycles. The van der Waals surface area contributed by atoms with Crippen LogP contribution in [0.4, 0.5) is 0 Å². The molecule has 0 atom stereocenters. The maximum Gasteiger partial charge on any atom is 0.337 e. The van der Waals surface area contributed by atoms with Crippen LogP contribution in [-0.4, -0.2) is 21.0 Å². The molecular weight excluding hydrogens is 204 g/mol. The third kappa shape index (κ3) is 1.91. The van der Waals surface area contributed by atoms with Crippen molar-refractivity contribution < 1.29 is 9.90 Å². The number of nitrogens with zero attached hydrogens (tertiary/aromatic N) is 2. The fourth-order valence-electron chi connectivity index (χ4n) is 1.47. The molecule has 2 aromatic heterocycles. The van der Waals surface area contributed by atoms with Crippen LogP contribution in [0, 0.1) is 6.92 Å². The number of pyridine rings is 2. The SMILES string of the molecule is Cc1cnc(-c2ccncc2)c(C(=O)O)c1. The van der Waals surface area contributed by atoms with Gasteiger partial charge in [-0.15, -0.1) is 0 Å². The number of rotatable bonds is 2. The van der Waals surface area contributed by atoms with Crippen LogP contribution in [0.2, 0.25) is 0 Å². The summed E-state index contributed by atoms with van der Waals surface area (Å²) in [5.41, 5.74) is 2.27. The molecule has 2 rings (SSSR count). The molecule has 2 heterocycles. The largest absolute Gasteiger partial charge is 0.478 e. The minimum Gasteiger partial charge on any atom is -0.478 e. The number of aromatic nitrogens is 2. The summed E-state index contributed by atoms with van der Waals surface area (Å²) in [5.74, 6) is -0.969. The lowest BCUT2D eigenvalue weighted by atomic mass is 10.1. The van der Waals surface area contributed by atoms with Crippen LogP contribution in [-0.2, 0) is 0 Å². The average molecular weight is 214 g/mol. The van der Waals surface area contributed by atoms with Crippen LogP contribution >= 0.6 is 0 Å². The zero-order valence-corrected chi connectivity index (χ0v) is 8.71. The molecule has 0 spiro atoms. The summed E-state index contributed by atoms with van der Waals surface area (Å²) in [6.07, 6.45) is 4.88. The third-order valence-corrected chi connectivity index (χ3v) is 2.21. The second-order valence-corrected chi connectivity index (χ2v) is 3.45. The molecule has 0 aliphatic rings. The van der Waals surface area contributed by atoms with Crippen LogP contribution in [0.5, 0.6) is 0 Å². The Hall–Kier alpha value is -2.23. The summed E-state index contributed by atoms with van der Waals surface area (Å²) in [4.78, 5) is 19.1. The first-order valence-electron chi connectivity index (χ1n) is 4.79. The van der Waals surface area contributed by atoms with E-state index in [2.05, 4.69) is 9.97 Å². The molecular formula is C12H10N2O2. The summed E-state index contributed by atoms with van der Waals surface area (Å²) in [6.45, 7) is 1.82. The lowest BCUT2D eigenvalue weighted by Crippen LogP contribution is -2.02. The molecule has 0 fully saturated rings. The van der Waals surface area contributed by atoms with Gasteiger partial charge in [0.15, 0.2) is 0 Å². The predicted molar refractivity (Wildman–Crippen MR) is 59.2 cm³/mol. The highest BCUT2D eigenvalue weighted by Gasteiger charge is 2.12. The molecule has 0 aromatic carbocycles. The van der Waals surface area contributed by atoms with Crippen LogP contribution < -0.4 is 0 Å². The van der Waals surface area contributed by atoms with Gasteiger partial charge < -0.3 is 5.11 Å². The monoisotopic (exact) mass is 214 g/mol. The Labute approximate surface area is 92.6 Å². The van der Waals surface area contributed by atoms with Crippen molar-refractivity contribution in [3.05, 3.63) is 47.9 Å². The first-order valence-corrected chi connectivity index (χ1v) is 4.79. The second-order valence-electron chi connectivity index (χ2n) is 3.45. The van der Waals surface area contributed by atoms with Crippen molar-refractivity contribution in [2.45, 2.75) is 6.92 Å². The van der Waals surface area contributed by atoms with Gasteiger partial charge in [-0.3, -0.25) is 9.97 Å². The van der Waals surface area contributed by atoms with E-state index in [0.717, 1.165) is 11.1 Å². The Morgan fingerprint density at radius 3 is 2.62 bits per heavy atom. The minimum atomic E-state index is -0.969. The molecule has 1 N–H and O–H groups in total. The number of hydrogen-bond donors (Lipinski definition) is 1. The first-order chi connectivity index (χ1) is 7.68. The summed E-state index contributed by atoms with van der Waals surface area (Å²) in [6, 6.07) is 5.10. The molecule has 4 nitrogen and oxygen atoms in total. The maximum atomic E-state index is 11.1. The van der Waals surface area contributed by atoms with E-state index in [1.807, 2.05) is 6.92 Å². The van der Waals surface area contributed by atoms with Crippen molar-refractivity contribution in [2.75, 3.05) is 0 Å². The predicted octanol–water partition coefficient (Wildman–Crippen LogP) is 2.15. The Balaban J connectivity index is 2.61.